The molecular weight excluding hydrogens is 248 g/mol. The summed E-state index contributed by atoms with van der Waals surface area (Å²) in [7, 11) is 0. The molecule has 1 heterocycles. The summed E-state index contributed by atoms with van der Waals surface area (Å²) in [5.74, 6) is 0. The number of carbonyl (C=O) groups is 1. The molecule has 1 saturated carbocycles. The van der Waals surface area contributed by atoms with Crippen LogP contribution in [0.4, 0.5) is 10.5 Å². The molecule has 0 atom stereocenters. The maximum absolute atomic E-state index is 12.6. The molecular formula is C17H24N2O. The fourth-order valence-electron chi connectivity index (χ4n) is 3.68. The third-order valence-electron chi connectivity index (χ3n) is 4.51. The summed E-state index contributed by atoms with van der Waals surface area (Å²) < 4.78 is 0. The highest BCUT2D eigenvalue weighted by Crippen LogP contribution is 2.50. The molecule has 1 aromatic carbocycles. The summed E-state index contributed by atoms with van der Waals surface area (Å²) in [5, 5.41) is 3.10. The zero-order valence-electron chi connectivity index (χ0n) is 12.7. The van der Waals surface area contributed by atoms with Gasteiger partial charge in [0.15, 0.2) is 0 Å². The number of fused-ring (bicyclic) bond motifs is 2. The summed E-state index contributed by atoms with van der Waals surface area (Å²) in [6, 6.07) is 8.47. The molecule has 1 fully saturated rings. The van der Waals surface area contributed by atoms with Crippen LogP contribution in [0.25, 0.3) is 0 Å². The molecule has 3 rings (SSSR count). The van der Waals surface area contributed by atoms with Gasteiger partial charge in [-0.05, 0) is 45.2 Å². The second-order valence-corrected chi connectivity index (χ2v) is 7.27. The number of anilines is 1. The van der Waals surface area contributed by atoms with Crippen LogP contribution in [0.1, 0.15) is 52.0 Å². The van der Waals surface area contributed by atoms with E-state index in [4.69, 9.17) is 0 Å². The molecule has 0 saturated heterocycles. The summed E-state index contributed by atoms with van der Waals surface area (Å²) >= 11 is 0. The van der Waals surface area contributed by atoms with Crippen LogP contribution in [0.2, 0.25) is 0 Å². The van der Waals surface area contributed by atoms with E-state index >= 15 is 0 Å². The zero-order chi connectivity index (χ0) is 14.4. The molecule has 20 heavy (non-hydrogen) atoms. The van der Waals surface area contributed by atoms with E-state index in [1.54, 1.807) is 0 Å². The number of urea groups is 1. The van der Waals surface area contributed by atoms with Crippen molar-refractivity contribution in [1.82, 2.24) is 5.32 Å². The lowest BCUT2D eigenvalue weighted by Gasteiger charge is -2.28. The van der Waals surface area contributed by atoms with Crippen LogP contribution in [0.5, 0.6) is 0 Å². The van der Waals surface area contributed by atoms with E-state index in [1.807, 2.05) is 31.7 Å². The largest absolute Gasteiger partial charge is 0.333 e. The molecule has 0 radical (unpaired) electrons. The Morgan fingerprint density at radius 2 is 1.85 bits per heavy atom. The molecule has 2 aliphatic rings. The van der Waals surface area contributed by atoms with Gasteiger partial charge in [0.1, 0.15) is 0 Å². The average Bonchev–Trinajstić information content (AvgIpc) is 2.95. The second-order valence-electron chi connectivity index (χ2n) is 7.27. The van der Waals surface area contributed by atoms with Gasteiger partial charge < -0.3 is 5.32 Å². The Hall–Kier alpha value is -1.51. The Kier molecular flexibility index (Phi) is 3.03. The molecule has 3 nitrogen and oxygen atoms in total. The minimum absolute atomic E-state index is 0.0359. The number of hydrogen-bond acceptors (Lipinski definition) is 1. The van der Waals surface area contributed by atoms with Crippen LogP contribution in [0.3, 0.4) is 0 Å². The van der Waals surface area contributed by atoms with Gasteiger partial charge in [-0.1, -0.05) is 31.0 Å². The lowest BCUT2D eigenvalue weighted by molar-refractivity contribution is 0.237. The van der Waals surface area contributed by atoms with Gasteiger partial charge in [-0.2, -0.15) is 0 Å². The molecule has 2 amide bonds. The van der Waals surface area contributed by atoms with Crippen LogP contribution in [0.15, 0.2) is 24.3 Å². The van der Waals surface area contributed by atoms with E-state index in [-0.39, 0.29) is 17.0 Å². The third kappa shape index (κ3) is 2.19. The van der Waals surface area contributed by atoms with E-state index in [0.29, 0.717) is 0 Å². The number of nitrogens with one attached hydrogen (secondary N) is 1. The lowest BCUT2D eigenvalue weighted by Crippen LogP contribution is -2.49. The normalized spacial score (nSPS) is 20.2. The van der Waals surface area contributed by atoms with Crippen molar-refractivity contribution in [3.8, 4) is 0 Å². The van der Waals surface area contributed by atoms with Gasteiger partial charge in [0.25, 0.3) is 0 Å². The van der Waals surface area contributed by atoms with Crippen molar-refractivity contribution in [2.24, 2.45) is 0 Å². The maximum Gasteiger partial charge on any atom is 0.322 e. The van der Waals surface area contributed by atoms with Crippen LogP contribution >= 0.6 is 0 Å². The molecule has 3 heteroatoms. The first kappa shape index (κ1) is 13.5. The van der Waals surface area contributed by atoms with Gasteiger partial charge in [0.2, 0.25) is 0 Å². The number of hydrogen-bond donors (Lipinski definition) is 1. The van der Waals surface area contributed by atoms with Crippen molar-refractivity contribution in [1.29, 1.82) is 0 Å². The monoisotopic (exact) mass is 272 g/mol. The molecule has 0 aromatic heterocycles. The number of benzene rings is 1. The summed E-state index contributed by atoms with van der Waals surface area (Å²) in [6.45, 7) is 6.92. The fourth-order valence-corrected chi connectivity index (χ4v) is 3.68. The Morgan fingerprint density at radius 3 is 2.50 bits per heavy atom. The molecule has 1 aliphatic carbocycles. The van der Waals surface area contributed by atoms with Gasteiger partial charge in [-0.25, -0.2) is 4.79 Å². The summed E-state index contributed by atoms with van der Waals surface area (Å²) in [4.78, 5) is 14.5. The highest BCUT2D eigenvalue weighted by Gasteiger charge is 2.46. The molecule has 0 unspecified atom stereocenters. The summed E-state index contributed by atoms with van der Waals surface area (Å²) in [6.07, 6.45) is 4.98. The van der Waals surface area contributed by atoms with Crippen LogP contribution < -0.4 is 10.2 Å². The number of carbonyl (C=O) groups excluding carboxylic acids is 1. The third-order valence-corrected chi connectivity index (χ3v) is 4.51. The molecule has 108 valence electrons. The van der Waals surface area contributed by atoms with Gasteiger partial charge in [0.05, 0.1) is 0 Å². The van der Waals surface area contributed by atoms with E-state index in [9.17, 15) is 4.79 Å². The van der Waals surface area contributed by atoms with Crippen molar-refractivity contribution in [2.75, 3.05) is 11.4 Å². The van der Waals surface area contributed by atoms with Crippen molar-refractivity contribution in [3.63, 3.8) is 0 Å². The Morgan fingerprint density at radius 1 is 1.20 bits per heavy atom. The van der Waals surface area contributed by atoms with Crippen molar-refractivity contribution in [2.45, 2.75) is 57.4 Å². The predicted molar refractivity (Wildman–Crippen MR) is 82.2 cm³/mol. The van der Waals surface area contributed by atoms with E-state index in [0.717, 1.165) is 12.2 Å². The van der Waals surface area contributed by atoms with Gasteiger partial charge >= 0.3 is 6.03 Å². The van der Waals surface area contributed by atoms with E-state index < -0.39 is 0 Å². The highest BCUT2D eigenvalue weighted by atomic mass is 16.2. The lowest BCUT2D eigenvalue weighted by atomic mass is 9.81. The number of para-hydroxylation sites is 1. The Balaban J connectivity index is 1.93. The minimum atomic E-state index is -0.197. The van der Waals surface area contributed by atoms with Crippen molar-refractivity contribution >= 4 is 11.7 Å². The first-order chi connectivity index (χ1) is 9.41. The first-order valence-electron chi connectivity index (χ1n) is 7.61. The average molecular weight is 272 g/mol. The molecule has 1 aliphatic heterocycles. The second kappa shape index (κ2) is 4.51. The Bertz CT molecular complexity index is 524. The van der Waals surface area contributed by atoms with Crippen molar-refractivity contribution < 1.29 is 4.79 Å². The van der Waals surface area contributed by atoms with Gasteiger partial charge in [-0.15, -0.1) is 0 Å². The minimum Gasteiger partial charge on any atom is -0.333 e. The quantitative estimate of drug-likeness (QED) is 0.765. The van der Waals surface area contributed by atoms with Gasteiger partial charge in [-0.3, -0.25) is 4.90 Å². The number of amides is 2. The number of rotatable bonds is 0. The highest BCUT2D eigenvalue weighted by molar-refractivity contribution is 5.95. The Labute approximate surface area is 121 Å². The summed E-state index contributed by atoms with van der Waals surface area (Å²) in [5.41, 5.74) is 2.50. The molecule has 1 N–H and O–H groups in total. The molecule has 1 spiro atoms. The number of nitrogens with zero attached hydrogens (tertiary/aromatic N) is 1. The van der Waals surface area contributed by atoms with E-state index in [1.165, 1.54) is 31.2 Å². The maximum atomic E-state index is 12.6. The van der Waals surface area contributed by atoms with E-state index in [2.05, 4.69) is 23.5 Å². The SMILES string of the molecule is CC(C)(C)NC(=O)N1CC2(CCCC2)c2ccccc21. The topological polar surface area (TPSA) is 32.3 Å². The standard InChI is InChI=1S/C17H24N2O/c1-16(2,3)18-15(20)19-12-17(10-6-7-11-17)13-8-4-5-9-14(13)19/h4-5,8-9H,6-7,10-12H2,1-3H3,(H,18,20). The smallest absolute Gasteiger partial charge is 0.322 e. The van der Waals surface area contributed by atoms with Gasteiger partial charge in [0, 0.05) is 23.2 Å². The zero-order valence-corrected chi connectivity index (χ0v) is 12.7. The molecule has 0 bridgehead atoms. The first-order valence-corrected chi connectivity index (χ1v) is 7.61. The van der Waals surface area contributed by atoms with Crippen LogP contribution in [-0.2, 0) is 5.41 Å². The van der Waals surface area contributed by atoms with Crippen molar-refractivity contribution in [3.05, 3.63) is 29.8 Å². The van der Waals surface area contributed by atoms with Crippen LogP contribution in [0, 0.1) is 0 Å². The molecule has 1 aromatic rings. The predicted octanol–water partition coefficient (Wildman–Crippen LogP) is 3.83. The van der Waals surface area contributed by atoms with Crippen LogP contribution in [-0.4, -0.2) is 18.1 Å². The fraction of sp³-hybridized carbons (Fsp3) is 0.588.